The van der Waals surface area contributed by atoms with E-state index >= 15 is 0 Å². The Morgan fingerprint density at radius 1 is 1.15 bits per heavy atom. The molecular formula is C27H33N3O4. The molecule has 2 aliphatic rings. The number of hydrogen-bond acceptors (Lipinski definition) is 5. The number of anilines is 2. The Hall–Kier alpha value is -3.35. The molecule has 0 saturated carbocycles. The van der Waals surface area contributed by atoms with Crippen LogP contribution in [0.2, 0.25) is 0 Å². The molecule has 1 atom stereocenters. The number of nitrogens with one attached hydrogen (secondary N) is 2. The van der Waals surface area contributed by atoms with Crippen molar-refractivity contribution in [3.05, 3.63) is 59.7 Å². The van der Waals surface area contributed by atoms with Gasteiger partial charge in [-0.05, 0) is 42.0 Å². The molecular weight excluding hydrogens is 430 g/mol. The highest BCUT2D eigenvalue weighted by atomic mass is 16.3. The predicted octanol–water partition coefficient (Wildman–Crippen LogP) is 4.98. The van der Waals surface area contributed by atoms with E-state index < -0.39 is 6.04 Å². The Balaban J connectivity index is 1.75. The predicted molar refractivity (Wildman–Crippen MR) is 131 cm³/mol. The first-order valence-corrected chi connectivity index (χ1v) is 11.9. The van der Waals surface area contributed by atoms with Crippen molar-refractivity contribution in [2.24, 2.45) is 11.3 Å². The van der Waals surface area contributed by atoms with Crippen LogP contribution >= 0.6 is 0 Å². The fourth-order valence-corrected chi connectivity index (χ4v) is 4.73. The van der Waals surface area contributed by atoms with E-state index in [2.05, 4.69) is 24.5 Å². The van der Waals surface area contributed by atoms with Crippen molar-refractivity contribution in [1.82, 2.24) is 5.32 Å². The first-order valence-electron chi connectivity index (χ1n) is 11.9. The summed E-state index contributed by atoms with van der Waals surface area (Å²) in [5.41, 5.74) is 2.60. The van der Waals surface area contributed by atoms with E-state index in [1.807, 2.05) is 38.1 Å². The molecule has 1 aromatic carbocycles. The number of Topliss-reactive ketones (excluding diaryl/α,β-unsaturated/α-hetero) is 1. The number of furan rings is 1. The van der Waals surface area contributed by atoms with Gasteiger partial charge in [-0.3, -0.25) is 19.3 Å². The zero-order valence-corrected chi connectivity index (χ0v) is 20.3. The zero-order chi connectivity index (χ0) is 24.5. The van der Waals surface area contributed by atoms with E-state index in [0.29, 0.717) is 42.3 Å². The third kappa shape index (κ3) is 4.93. The Morgan fingerprint density at radius 2 is 1.91 bits per heavy atom. The second-order valence-corrected chi connectivity index (χ2v) is 10.4. The van der Waals surface area contributed by atoms with Gasteiger partial charge in [-0.1, -0.05) is 39.8 Å². The highest BCUT2D eigenvalue weighted by Crippen LogP contribution is 2.48. The molecule has 2 heterocycles. The second-order valence-electron chi connectivity index (χ2n) is 10.4. The maximum atomic E-state index is 13.7. The van der Waals surface area contributed by atoms with Crippen molar-refractivity contribution in [1.29, 1.82) is 0 Å². The summed E-state index contributed by atoms with van der Waals surface area (Å²) in [6.45, 7) is 8.77. The summed E-state index contributed by atoms with van der Waals surface area (Å²) in [7, 11) is 0. The Labute approximate surface area is 200 Å². The van der Waals surface area contributed by atoms with Crippen LogP contribution in [-0.4, -0.2) is 24.1 Å². The van der Waals surface area contributed by atoms with Gasteiger partial charge >= 0.3 is 0 Å². The van der Waals surface area contributed by atoms with Gasteiger partial charge in [0.2, 0.25) is 11.8 Å². The summed E-state index contributed by atoms with van der Waals surface area (Å²) in [5, 5.41) is 6.33. The minimum absolute atomic E-state index is 0.000401. The van der Waals surface area contributed by atoms with Gasteiger partial charge in [0.1, 0.15) is 11.8 Å². The van der Waals surface area contributed by atoms with E-state index in [4.69, 9.17) is 4.42 Å². The number of amides is 2. The van der Waals surface area contributed by atoms with Crippen LogP contribution in [0.1, 0.15) is 65.2 Å². The normalized spacial score (nSPS) is 19.3. The number of carbonyl (C=O) groups is 3. The minimum Gasteiger partial charge on any atom is -0.467 e. The van der Waals surface area contributed by atoms with E-state index in [9.17, 15) is 14.4 Å². The second kappa shape index (κ2) is 9.49. The molecule has 0 fully saturated rings. The van der Waals surface area contributed by atoms with E-state index in [0.717, 1.165) is 11.4 Å². The molecule has 180 valence electrons. The van der Waals surface area contributed by atoms with Crippen LogP contribution in [0.15, 0.2) is 58.3 Å². The van der Waals surface area contributed by atoms with Crippen molar-refractivity contribution in [3.63, 3.8) is 0 Å². The third-order valence-electron chi connectivity index (χ3n) is 6.26. The number of benzene rings is 1. The van der Waals surface area contributed by atoms with Gasteiger partial charge < -0.3 is 15.1 Å². The molecule has 1 aliphatic carbocycles. The summed E-state index contributed by atoms with van der Waals surface area (Å²) in [5.74, 6) is 0.463. The van der Waals surface area contributed by atoms with E-state index in [-0.39, 0.29) is 35.9 Å². The van der Waals surface area contributed by atoms with Crippen LogP contribution < -0.4 is 15.5 Å². The lowest BCUT2D eigenvalue weighted by atomic mass is 9.74. The Bertz CT molecular complexity index is 1110. The van der Waals surface area contributed by atoms with Crippen LogP contribution in [0.4, 0.5) is 11.4 Å². The number of ketones is 1. The molecule has 34 heavy (non-hydrogen) atoms. The minimum atomic E-state index is -0.698. The molecule has 4 rings (SSSR count). The lowest BCUT2D eigenvalue weighted by Crippen LogP contribution is -2.40. The zero-order valence-electron chi connectivity index (χ0n) is 20.3. The number of nitrogens with zero attached hydrogens (tertiary/aromatic N) is 1. The highest BCUT2D eigenvalue weighted by molar-refractivity contribution is 6.06. The average molecular weight is 464 g/mol. The largest absolute Gasteiger partial charge is 0.467 e. The van der Waals surface area contributed by atoms with E-state index in [1.165, 1.54) is 0 Å². The number of para-hydroxylation sites is 2. The van der Waals surface area contributed by atoms with Gasteiger partial charge in [-0.2, -0.15) is 0 Å². The quantitative estimate of drug-likeness (QED) is 0.631. The van der Waals surface area contributed by atoms with Crippen LogP contribution in [0.3, 0.4) is 0 Å². The molecule has 0 saturated heterocycles. The smallest absolute Gasteiger partial charge is 0.228 e. The standard InChI is InChI=1S/C27H33N3O4/c1-17(2)16-28-23(32)11-12-24(33)30-20-9-6-5-8-18(20)29-19-14-27(3,4)15-21(31)25(19)26(30)22-10-7-13-34-22/h5-10,13,17,26,29H,11-12,14-16H2,1-4H3,(H,28,32)/t26-/m0/s1. The lowest BCUT2D eigenvalue weighted by molar-refractivity contribution is -0.125. The molecule has 0 bridgehead atoms. The van der Waals surface area contributed by atoms with Gasteiger partial charge in [0.15, 0.2) is 5.78 Å². The highest BCUT2D eigenvalue weighted by Gasteiger charge is 2.44. The number of rotatable bonds is 6. The van der Waals surface area contributed by atoms with Crippen molar-refractivity contribution in [2.45, 2.75) is 59.4 Å². The Morgan fingerprint density at radius 3 is 2.62 bits per heavy atom. The van der Waals surface area contributed by atoms with Crippen molar-refractivity contribution in [2.75, 3.05) is 16.8 Å². The van der Waals surface area contributed by atoms with Crippen molar-refractivity contribution < 1.29 is 18.8 Å². The van der Waals surface area contributed by atoms with Gasteiger partial charge in [0, 0.05) is 37.1 Å². The molecule has 0 unspecified atom stereocenters. The maximum absolute atomic E-state index is 13.7. The van der Waals surface area contributed by atoms with Crippen LogP contribution in [0.25, 0.3) is 0 Å². The van der Waals surface area contributed by atoms with Crippen LogP contribution in [0.5, 0.6) is 0 Å². The van der Waals surface area contributed by atoms with Gasteiger partial charge in [0.05, 0.1) is 17.6 Å². The Kier molecular flexibility index (Phi) is 6.64. The fraction of sp³-hybridized carbons (Fsp3) is 0.444. The van der Waals surface area contributed by atoms with Crippen LogP contribution in [-0.2, 0) is 14.4 Å². The third-order valence-corrected chi connectivity index (χ3v) is 6.26. The number of hydrogen-bond donors (Lipinski definition) is 2. The summed E-state index contributed by atoms with van der Waals surface area (Å²) >= 11 is 0. The first-order chi connectivity index (χ1) is 16.2. The van der Waals surface area contributed by atoms with Gasteiger partial charge in [-0.15, -0.1) is 0 Å². The molecule has 1 aliphatic heterocycles. The molecule has 0 spiro atoms. The SMILES string of the molecule is CC(C)CNC(=O)CCC(=O)N1c2ccccc2NC2=C(C(=O)CC(C)(C)C2)[C@@H]1c1ccco1. The van der Waals surface area contributed by atoms with Gasteiger partial charge in [0.25, 0.3) is 0 Å². The van der Waals surface area contributed by atoms with Gasteiger partial charge in [-0.25, -0.2) is 0 Å². The van der Waals surface area contributed by atoms with Crippen molar-refractivity contribution >= 4 is 29.0 Å². The summed E-state index contributed by atoms with van der Waals surface area (Å²) in [6.07, 6.45) is 2.73. The molecule has 2 amide bonds. The topological polar surface area (TPSA) is 91.7 Å². The van der Waals surface area contributed by atoms with E-state index in [1.54, 1.807) is 23.3 Å². The summed E-state index contributed by atoms with van der Waals surface area (Å²) in [4.78, 5) is 41.2. The summed E-state index contributed by atoms with van der Waals surface area (Å²) < 4.78 is 5.78. The molecule has 2 aromatic rings. The van der Waals surface area contributed by atoms with Crippen LogP contribution in [0, 0.1) is 11.3 Å². The number of allylic oxidation sites excluding steroid dienone is 1. The molecule has 7 heteroatoms. The van der Waals surface area contributed by atoms with Crippen molar-refractivity contribution in [3.8, 4) is 0 Å². The number of fused-ring (bicyclic) bond motifs is 1. The first kappa shape index (κ1) is 23.8. The lowest BCUT2D eigenvalue weighted by Gasteiger charge is -2.36. The number of carbonyl (C=O) groups excluding carboxylic acids is 3. The molecule has 7 nitrogen and oxygen atoms in total. The average Bonchev–Trinajstić information content (AvgIpc) is 3.25. The molecule has 0 radical (unpaired) electrons. The summed E-state index contributed by atoms with van der Waals surface area (Å²) in [6, 6.07) is 10.4. The maximum Gasteiger partial charge on any atom is 0.228 e. The monoisotopic (exact) mass is 463 g/mol. The molecule has 2 N–H and O–H groups in total. The molecule has 1 aromatic heterocycles. The fourth-order valence-electron chi connectivity index (χ4n) is 4.73.